The van der Waals surface area contributed by atoms with Crippen molar-refractivity contribution in [3.8, 4) is 0 Å². The molecule has 0 atom stereocenters. The summed E-state index contributed by atoms with van der Waals surface area (Å²) >= 11 is 6.18. The summed E-state index contributed by atoms with van der Waals surface area (Å²) in [6, 6.07) is 4.52. The summed E-state index contributed by atoms with van der Waals surface area (Å²) in [4.78, 5) is 14.2. The highest BCUT2D eigenvalue weighted by molar-refractivity contribution is 7.89. The zero-order valence-corrected chi connectivity index (χ0v) is 16.6. The quantitative estimate of drug-likeness (QED) is 0.747. The third-order valence-electron chi connectivity index (χ3n) is 4.55. The third kappa shape index (κ3) is 4.96. The van der Waals surface area contributed by atoms with Gasteiger partial charge in [-0.25, -0.2) is 8.42 Å². The Morgan fingerprint density at radius 1 is 1.20 bits per heavy atom. The van der Waals surface area contributed by atoms with Crippen LogP contribution < -0.4 is 0 Å². The summed E-state index contributed by atoms with van der Waals surface area (Å²) in [6.45, 7) is 3.72. The molecule has 1 fully saturated rings. The lowest BCUT2D eigenvalue weighted by Gasteiger charge is -2.22. The van der Waals surface area contributed by atoms with Crippen LogP contribution in [0, 0.1) is 0 Å². The number of sulfonamides is 1. The van der Waals surface area contributed by atoms with E-state index in [4.69, 9.17) is 11.6 Å². The van der Waals surface area contributed by atoms with Crippen LogP contribution in [0.25, 0.3) is 0 Å². The topological polar surface area (TPSA) is 57.7 Å². The molecule has 1 aliphatic heterocycles. The molecular weight excluding hydrogens is 360 g/mol. The van der Waals surface area contributed by atoms with E-state index < -0.39 is 10.0 Å². The van der Waals surface area contributed by atoms with Gasteiger partial charge in [-0.1, -0.05) is 37.8 Å². The minimum absolute atomic E-state index is 0.0332. The molecule has 0 N–H and O–H groups in total. The van der Waals surface area contributed by atoms with Gasteiger partial charge in [0.1, 0.15) is 4.90 Å². The molecule has 1 amide bonds. The van der Waals surface area contributed by atoms with Gasteiger partial charge in [0.15, 0.2) is 0 Å². The normalized spacial score (nSPS) is 16.4. The van der Waals surface area contributed by atoms with Gasteiger partial charge < -0.3 is 4.90 Å². The zero-order chi connectivity index (χ0) is 18.4. The summed E-state index contributed by atoms with van der Waals surface area (Å²) in [5.74, 6) is -0.183. The molecule has 140 valence electrons. The van der Waals surface area contributed by atoms with Gasteiger partial charge in [0.25, 0.3) is 5.91 Å². The molecule has 1 aromatic rings. The largest absolute Gasteiger partial charge is 0.342 e. The van der Waals surface area contributed by atoms with E-state index in [1.165, 1.54) is 16.4 Å². The predicted molar refractivity (Wildman–Crippen MR) is 101 cm³/mol. The van der Waals surface area contributed by atoms with Crippen molar-refractivity contribution in [2.45, 2.75) is 50.3 Å². The van der Waals surface area contributed by atoms with Crippen molar-refractivity contribution in [1.82, 2.24) is 9.21 Å². The van der Waals surface area contributed by atoms with E-state index >= 15 is 0 Å². The second kappa shape index (κ2) is 9.01. The number of halogens is 1. The van der Waals surface area contributed by atoms with Crippen molar-refractivity contribution in [2.75, 3.05) is 26.7 Å². The van der Waals surface area contributed by atoms with Crippen molar-refractivity contribution < 1.29 is 13.2 Å². The monoisotopic (exact) mass is 386 g/mol. The smallest absolute Gasteiger partial charge is 0.253 e. The molecule has 5 nitrogen and oxygen atoms in total. The summed E-state index contributed by atoms with van der Waals surface area (Å²) < 4.78 is 27.5. The van der Waals surface area contributed by atoms with Crippen molar-refractivity contribution in [1.29, 1.82) is 0 Å². The van der Waals surface area contributed by atoms with Crippen LogP contribution in [0.3, 0.4) is 0 Å². The number of nitrogens with zero attached hydrogens (tertiary/aromatic N) is 2. The van der Waals surface area contributed by atoms with Crippen molar-refractivity contribution in [3.05, 3.63) is 28.8 Å². The van der Waals surface area contributed by atoms with Gasteiger partial charge in [0, 0.05) is 32.2 Å². The van der Waals surface area contributed by atoms with Gasteiger partial charge in [0.05, 0.1) is 5.02 Å². The molecule has 25 heavy (non-hydrogen) atoms. The number of rotatable bonds is 6. The third-order valence-corrected chi connectivity index (χ3v) is 6.93. The molecule has 1 aliphatic rings. The summed E-state index contributed by atoms with van der Waals surface area (Å²) in [5, 5.41) is 0.164. The molecule has 0 spiro atoms. The Bertz CT molecular complexity index is 698. The molecule has 1 aromatic carbocycles. The fraction of sp³-hybridized carbons (Fsp3) is 0.611. The predicted octanol–water partition coefficient (Wildman–Crippen LogP) is 3.78. The second-order valence-electron chi connectivity index (χ2n) is 6.54. The van der Waals surface area contributed by atoms with Crippen LogP contribution in [-0.2, 0) is 10.0 Å². The van der Waals surface area contributed by atoms with Crippen molar-refractivity contribution in [3.63, 3.8) is 0 Å². The summed E-state index contributed by atoms with van der Waals surface area (Å²) in [5.41, 5.74) is 0.358. The highest BCUT2D eigenvalue weighted by Gasteiger charge is 2.28. The summed E-state index contributed by atoms with van der Waals surface area (Å²) in [7, 11) is -1.95. The fourth-order valence-electron chi connectivity index (χ4n) is 2.97. The maximum absolute atomic E-state index is 13.0. The first-order valence-corrected chi connectivity index (χ1v) is 10.7. The van der Waals surface area contributed by atoms with Crippen molar-refractivity contribution >= 4 is 27.5 Å². The number of benzene rings is 1. The minimum atomic E-state index is -3.68. The van der Waals surface area contributed by atoms with Crippen LogP contribution in [0.2, 0.25) is 5.02 Å². The Balaban J connectivity index is 2.30. The van der Waals surface area contributed by atoms with E-state index in [1.807, 2.05) is 0 Å². The lowest BCUT2D eigenvalue weighted by atomic mass is 10.2. The van der Waals surface area contributed by atoms with Crippen LogP contribution in [0.5, 0.6) is 0 Å². The molecule has 0 aliphatic carbocycles. The Hall–Kier alpha value is -1.11. The maximum atomic E-state index is 13.0. The number of unbranched alkanes of at least 4 members (excludes halogenated alkanes) is 1. The molecule has 7 heteroatoms. The first-order valence-electron chi connectivity index (χ1n) is 8.93. The van der Waals surface area contributed by atoms with E-state index in [0.717, 1.165) is 38.5 Å². The van der Waals surface area contributed by atoms with Gasteiger partial charge in [-0.05, 0) is 37.5 Å². The van der Waals surface area contributed by atoms with Crippen LogP contribution >= 0.6 is 11.6 Å². The SMILES string of the molecule is CCCCN(C)C(=O)c1ccc(Cl)c(S(=O)(=O)N2CCCCCC2)c1. The number of hydrogen-bond donors (Lipinski definition) is 0. The van der Waals surface area contributed by atoms with Crippen LogP contribution in [-0.4, -0.2) is 50.2 Å². The summed E-state index contributed by atoms with van der Waals surface area (Å²) in [6.07, 6.45) is 5.70. The standard InChI is InChI=1S/C18H27ClN2O3S/c1-3-4-11-20(2)18(22)15-9-10-16(19)17(14-15)25(23,24)21-12-7-5-6-8-13-21/h9-10,14H,3-8,11-13H2,1-2H3. The van der Waals surface area contributed by atoms with E-state index in [2.05, 4.69) is 6.92 Å². The highest BCUT2D eigenvalue weighted by Crippen LogP contribution is 2.28. The molecule has 0 radical (unpaired) electrons. The van der Waals surface area contributed by atoms with Crippen molar-refractivity contribution in [2.24, 2.45) is 0 Å². The first kappa shape index (κ1) is 20.2. The van der Waals surface area contributed by atoms with Gasteiger partial charge in [-0.3, -0.25) is 4.79 Å². The molecular formula is C18H27ClN2O3S. The average molecular weight is 387 g/mol. The van der Waals surface area contributed by atoms with Crippen LogP contribution in [0.1, 0.15) is 55.8 Å². The van der Waals surface area contributed by atoms with E-state index in [1.54, 1.807) is 18.0 Å². The molecule has 0 aromatic heterocycles. The van der Waals surface area contributed by atoms with E-state index in [9.17, 15) is 13.2 Å². The Morgan fingerprint density at radius 3 is 2.44 bits per heavy atom. The maximum Gasteiger partial charge on any atom is 0.253 e. The number of carbonyl (C=O) groups excluding carboxylic acids is 1. The molecule has 0 bridgehead atoms. The minimum Gasteiger partial charge on any atom is -0.342 e. The zero-order valence-electron chi connectivity index (χ0n) is 15.0. The van der Waals surface area contributed by atoms with Crippen LogP contribution in [0.4, 0.5) is 0 Å². The number of carbonyl (C=O) groups is 1. The Morgan fingerprint density at radius 2 is 1.84 bits per heavy atom. The van der Waals surface area contributed by atoms with E-state index in [0.29, 0.717) is 25.2 Å². The Labute approximate surface area is 156 Å². The highest BCUT2D eigenvalue weighted by atomic mass is 35.5. The molecule has 0 saturated carbocycles. The number of hydrogen-bond acceptors (Lipinski definition) is 3. The van der Waals surface area contributed by atoms with Crippen LogP contribution in [0.15, 0.2) is 23.1 Å². The Kier molecular flexibility index (Phi) is 7.28. The average Bonchev–Trinajstić information content (AvgIpc) is 2.89. The number of amides is 1. The molecule has 1 heterocycles. The molecule has 0 unspecified atom stereocenters. The molecule has 2 rings (SSSR count). The van der Waals surface area contributed by atoms with Gasteiger partial charge in [-0.15, -0.1) is 0 Å². The van der Waals surface area contributed by atoms with Gasteiger partial charge in [-0.2, -0.15) is 4.31 Å². The first-order chi connectivity index (χ1) is 11.9. The lowest BCUT2D eigenvalue weighted by Crippen LogP contribution is -2.32. The lowest BCUT2D eigenvalue weighted by molar-refractivity contribution is 0.0793. The molecule has 1 saturated heterocycles. The van der Waals surface area contributed by atoms with Gasteiger partial charge >= 0.3 is 0 Å². The second-order valence-corrected chi connectivity index (χ2v) is 8.86. The fourth-order valence-corrected chi connectivity index (χ4v) is 4.99. The van der Waals surface area contributed by atoms with Gasteiger partial charge in [0.2, 0.25) is 10.0 Å². The van der Waals surface area contributed by atoms with E-state index in [-0.39, 0.29) is 15.8 Å².